The van der Waals surface area contributed by atoms with Crippen LogP contribution >= 0.6 is 0 Å². The van der Waals surface area contributed by atoms with Crippen molar-refractivity contribution >= 4 is 23.3 Å². The van der Waals surface area contributed by atoms with Crippen LogP contribution < -0.4 is 11.1 Å². The lowest BCUT2D eigenvalue weighted by Gasteiger charge is -2.44. The number of fused-ring (bicyclic) bond motifs is 3. The van der Waals surface area contributed by atoms with Crippen molar-refractivity contribution in [3.63, 3.8) is 0 Å². The van der Waals surface area contributed by atoms with Crippen LogP contribution in [-0.4, -0.2) is 77.4 Å². The summed E-state index contributed by atoms with van der Waals surface area (Å²) < 4.78 is 15.4. The van der Waals surface area contributed by atoms with Crippen LogP contribution in [0, 0.1) is 29.0 Å². The molecule has 2 fully saturated rings. The third-order valence-corrected chi connectivity index (χ3v) is 9.56. The molecule has 1 heterocycles. The molecule has 2 amide bonds. The number of hydrogen-bond donors (Lipinski definition) is 4. The Balaban J connectivity index is 1.46. The monoisotopic (exact) mass is 510 g/mol. The van der Waals surface area contributed by atoms with Gasteiger partial charge in [0.15, 0.2) is 11.5 Å². The normalized spacial score (nSPS) is 34.0. The standard InChI is InChI=1S/C27H31FN4O5/c1-27-12-8-10-7-11-13(28)9-14(30-26(37)15-5-6-32(15)4)22(33)17(11)23(34)16(10)19(27)20(27)18(25(29)36)24(35)21(12)31(2)3/h9-10,12,15,20-21,33,35H,5-8H2,1-4H3,(H2,29,36)(H,30,37)/t10-,12-,15?,20?,21-,27+/m0/s1. The smallest absolute Gasteiger partial charge is 0.248 e. The Morgan fingerprint density at radius 3 is 2.57 bits per heavy atom. The summed E-state index contributed by atoms with van der Waals surface area (Å²) in [6.45, 7) is 2.76. The number of Topliss-reactive ketones (excluding diaryl/α,β-unsaturated/α-hetero) is 1. The van der Waals surface area contributed by atoms with E-state index in [2.05, 4.69) is 5.32 Å². The Morgan fingerprint density at radius 2 is 2.00 bits per heavy atom. The van der Waals surface area contributed by atoms with E-state index in [1.807, 2.05) is 30.8 Å². The minimum atomic E-state index is -0.725. The van der Waals surface area contributed by atoms with Gasteiger partial charge < -0.3 is 21.3 Å². The number of carbonyl (C=O) groups is 3. The molecule has 5 N–H and O–H groups in total. The summed E-state index contributed by atoms with van der Waals surface area (Å²) in [5, 5.41) is 24.8. The molecule has 1 saturated carbocycles. The highest BCUT2D eigenvalue weighted by atomic mass is 19.1. The molecule has 4 aliphatic carbocycles. The number of phenolic OH excluding ortho intramolecular Hbond substituents is 1. The fourth-order valence-electron chi connectivity index (χ4n) is 7.63. The van der Waals surface area contributed by atoms with Gasteiger partial charge in [-0.1, -0.05) is 6.92 Å². The van der Waals surface area contributed by atoms with Gasteiger partial charge in [-0.25, -0.2) is 4.39 Å². The summed E-state index contributed by atoms with van der Waals surface area (Å²) >= 11 is 0. The first kappa shape index (κ1) is 24.1. The van der Waals surface area contributed by atoms with Crippen LogP contribution in [0.3, 0.4) is 0 Å². The number of likely N-dealkylation sites (N-methyl/N-ethyl adjacent to an activating group) is 2. The third-order valence-electron chi connectivity index (χ3n) is 9.56. The van der Waals surface area contributed by atoms with Crippen molar-refractivity contribution in [3.8, 4) is 5.75 Å². The molecule has 1 aliphatic heterocycles. The van der Waals surface area contributed by atoms with Gasteiger partial charge in [0.05, 0.1) is 28.9 Å². The quantitative estimate of drug-likeness (QED) is 0.453. The lowest BCUT2D eigenvalue weighted by molar-refractivity contribution is -0.124. The number of anilines is 1. The maximum atomic E-state index is 15.4. The Labute approximate surface area is 213 Å². The van der Waals surface area contributed by atoms with E-state index in [0.29, 0.717) is 18.4 Å². The van der Waals surface area contributed by atoms with Gasteiger partial charge in [-0.15, -0.1) is 0 Å². The molecule has 2 unspecified atom stereocenters. The number of nitrogens with zero attached hydrogens (tertiary/aromatic N) is 2. The number of halogens is 1. The second-order valence-electron chi connectivity index (χ2n) is 11.6. The van der Waals surface area contributed by atoms with Crippen LogP contribution in [0.2, 0.25) is 0 Å². The molecule has 6 rings (SSSR count). The Bertz CT molecular complexity index is 1370. The zero-order valence-corrected chi connectivity index (χ0v) is 21.3. The number of hydrogen-bond acceptors (Lipinski definition) is 7. The fraction of sp³-hybridized carbons (Fsp3) is 0.519. The number of likely N-dealkylation sites (tertiary alicyclic amines) is 1. The molecule has 0 bridgehead atoms. The summed E-state index contributed by atoms with van der Waals surface area (Å²) in [4.78, 5) is 42.7. The van der Waals surface area contributed by atoms with Gasteiger partial charge in [-0.05, 0) is 57.8 Å². The van der Waals surface area contributed by atoms with Crippen LogP contribution in [0.1, 0.15) is 35.7 Å². The summed E-state index contributed by atoms with van der Waals surface area (Å²) in [7, 11) is 5.44. The lowest BCUT2D eigenvalue weighted by Crippen LogP contribution is -2.51. The second kappa shape index (κ2) is 7.64. The van der Waals surface area contributed by atoms with Crippen molar-refractivity contribution < 1.29 is 29.0 Å². The highest BCUT2D eigenvalue weighted by Gasteiger charge is 2.72. The first-order chi connectivity index (χ1) is 17.4. The van der Waals surface area contributed by atoms with Crippen LogP contribution in [-0.2, 0) is 16.0 Å². The number of amides is 2. The topological polar surface area (TPSA) is 136 Å². The average Bonchev–Trinajstić information content (AvgIpc) is 3.41. The number of aromatic hydroxyl groups is 1. The van der Waals surface area contributed by atoms with Crippen molar-refractivity contribution in [2.75, 3.05) is 33.0 Å². The molecule has 5 aliphatic rings. The summed E-state index contributed by atoms with van der Waals surface area (Å²) in [6.07, 6.45) is 1.37. The summed E-state index contributed by atoms with van der Waals surface area (Å²) in [5.41, 5.74) is 6.37. The molecule has 0 spiro atoms. The largest absolute Gasteiger partial charge is 0.510 e. The second-order valence-corrected chi connectivity index (χ2v) is 11.6. The predicted molar refractivity (Wildman–Crippen MR) is 132 cm³/mol. The average molecular weight is 511 g/mol. The maximum absolute atomic E-state index is 15.4. The Morgan fingerprint density at radius 1 is 1.30 bits per heavy atom. The molecule has 0 radical (unpaired) electrons. The van der Waals surface area contributed by atoms with Crippen LogP contribution in [0.15, 0.2) is 28.5 Å². The van der Waals surface area contributed by atoms with E-state index in [-0.39, 0.29) is 58.4 Å². The van der Waals surface area contributed by atoms with Gasteiger partial charge in [-0.3, -0.25) is 24.2 Å². The molecule has 6 atom stereocenters. The number of aliphatic hydroxyl groups is 1. The van der Waals surface area contributed by atoms with Crippen LogP contribution in [0.25, 0.3) is 0 Å². The van der Waals surface area contributed by atoms with Gasteiger partial charge in [0.1, 0.15) is 11.6 Å². The van der Waals surface area contributed by atoms with E-state index in [4.69, 9.17) is 5.73 Å². The first-order valence-corrected chi connectivity index (χ1v) is 12.6. The first-order valence-electron chi connectivity index (χ1n) is 12.6. The molecule has 1 saturated heterocycles. The van der Waals surface area contributed by atoms with Crippen molar-refractivity contribution in [2.24, 2.45) is 28.9 Å². The molecule has 1 aromatic rings. The number of phenols is 1. The summed E-state index contributed by atoms with van der Waals surface area (Å²) in [5.74, 6) is -3.65. The molecular formula is C27H31FN4O5. The van der Waals surface area contributed by atoms with Gasteiger partial charge in [-0.2, -0.15) is 0 Å². The number of nitrogens with two attached hydrogens (primary N) is 1. The lowest BCUT2D eigenvalue weighted by atomic mass is 9.64. The van der Waals surface area contributed by atoms with Gasteiger partial charge in [0.25, 0.3) is 0 Å². The van der Waals surface area contributed by atoms with E-state index in [1.54, 1.807) is 7.05 Å². The third kappa shape index (κ3) is 2.99. The molecule has 37 heavy (non-hydrogen) atoms. The van der Waals surface area contributed by atoms with Gasteiger partial charge >= 0.3 is 0 Å². The number of allylic oxidation sites excluding steroid dienone is 2. The molecule has 10 heteroatoms. The summed E-state index contributed by atoms with van der Waals surface area (Å²) in [6, 6.07) is 0.254. The zero-order chi connectivity index (χ0) is 26.7. The van der Waals surface area contributed by atoms with Crippen molar-refractivity contribution in [3.05, 3.63) is 45.5 Å². The Hall–Kier alpha value is -3.24. The molecule has 1 aromatic carbocycles. The zero-order valence-electron chi connectivity index (χ0n) is 21.3. The number of carbonyl (C=O) groups excluding carboxylic acids is 3. The van der Waals surface area contributed by atoms with Crippen molar-refractivity contribution in [1.82, 2.24) is 9.80 Å². The van der Waals surface area contributed by atoms with Gasteiger partial charge in [0.2, 0.25) is 11.8 Å². The number of primary amides is 1. The highest BCUT2D eigenvalue weighted by molar-refractivity contribution is 6.16. The number of aliphatic hydroxyl groups excluding tert-OH is 1. The minimum absolute atomic E-state index is 0.0656. The molecular weight excluding hydrogens is 479 g/mol. The molecule has 0 aromatic heterocycles. The number of nitrogens with one attached hydrogen (secondary N) is 1. The SMILES string of the molecule is CN1CCC1C(=O)Nc1cc(F)c2c(c1O)C(=O)C1=C3C4C(C(N)=O)=C(O)[C@@H](N(C)C)[C@H](C[C@@H]1C2)[C@]34C. The van der Waals surface area contributed by atoms with Crippen molar-refractivity contribution in [2.45, 2.75) is 38.3 Å². The fourth-order valence-corrected chi connectivity index (χ4v) is 7.63. The molecule has 9 nitrogen and oxygen atoms in total. The highest BCUT2D eigenvalue weighted by Crippen LogP contribution is 2.75. The number of benzene rings is 1. The van der Waals surface area contributed by atoms with E-state index in [0.717, 1.165) is 18.2 Å². The van der Waals surface area contributed by atoms with Gasteiger partial charge in [0, 0.05) is 35.1 Å². The van der Waals surface area contributed by atoms with E-state index < -0.39 is 40.6 Å². The van der Waals surface area contributed by atoms with Crippen molar-refractivity contribution in [1.29, 1.82) is 0 Å². The number of ketones is 1. The van der Waals surface area contributed by atoms with Crippen LogP contribution in [0.5, 0.6) is 5.75 Å². The van der Waals surface area contributed by atoms with E-state index >= 15 is 4.39 Å². The number of rotatable bonds is 4. The van der Waals surface area contributed by atoms with Crippen LogP contribution in [0.4, 0.5) is 10.1 Å². The maximum Gasteiger partial charge on any atom is 0.248 e. The minimum Gasteiger partial charge on any atom is -0.510 e. The predicted octanol–water partition coefficient (Wildman–Crippen LogP) is 1.72. The van der Waals surface area contributed by atoms with E-state index in [1.165, 1.54) is 0 Å². The Kier molecular flexibility index (Phi) is 4.98. The van der Waals surface area contributed by atoms with E-state index in [9.17, 15) is 24.6 Å². The molecule has 196 valence electrons.